The molecular formula is C19H24Cl2FNO3. The first-order chi connectivity index (χ1) is 12.1. The molecular weight excluding hydrogens is 380 g/mol. The summed E-state index contributed by atoms with van der Waals surface area (Å²) in [6.07, 6.45) is 0.825. The van der Waals surface area contributed by atoms with Gasteiger partial charge in [-0.15, -0.1) is 12.4 Å². The van der Waals surface area contributed by atoms with Crippen LogP contribution in [0.15, 0.2) is 36.4 Å². The van der Waals surface area contributed by atoms with Crippen LogP contribution in [0.25, 0.3) is 0 Å². The van der Waals surface area contributed by atoms with Crippen LogP contribution in [0.2, 0.25) is 5.02 Å². The molecule has 0 saturated carbocycles. The molecule has 0 amide bonds. The highest BCUT2D eigenvalue weighted by Crippen LogP contribution is 2.37. The fraction of sp³-hybridized carbons (Fsp3) is 0.368. The van der Waals surface area contributed by atoms with Gasteiger partial charge in [0.25, 0.3) is 0 Å². The van der Waals surface area contributed by atoms with E-state index in [4.69, 9.17) is 21.1 Å². The van der Waals surface area contributed by atoms with Crippen molar-refractivity contribution in [1.29, 1.82) is 0 Å². The second-order valence-electron chi connectivity index (χ2n) is 5.66. The number of hydrogen-bond acceptors (Lipinski definition) is 4. The van der Waals surface area contributed by atoms with E-state index in [9.17, 15) is 9.50 Å². The molecule has 0 saturated heterocycles. The molecule has 0 aromatic heterocycles. The Bertz CT molecular complexity index is 696. The van der Waals surface area contributed by atoms with Crippen molar-refractivity contribution < 1.29 is 19.0 Å². The van der Waals surface area contributed by atoms with Crippen molar-refractivity contribution in [1.82, 2.24) is 5.32 Å². The van der Waals surface area contributed by atoms with E-state index in [-0.39, 0.29) is 37.5 Å². The van der Waals surface area contributed by atoms with Crippen LogP contribution in [0.4, 0.5) is 4.39 Å². The van der Waals surface area contributed by atoms with E-state index < -0.39 is 0 Å². The molecule has 2 N–H and O–H groups in total. The second-order valence-corrected chi connectivity index (χ2v) is 6.06. The number of aliphatic hydroxyl groups is 1. The lowest BCUT2D eigenvalue weighted by atomic mass is 10.1. The summed E-state index contributed by atoms with van der Waals surface area (Å²) in [5, 5.41) is 12.9. The van der Waals surface area contributed by atoms with E-state index in [1.54, 1.807) is 24.3 Å². The summed E-state index contributed by atoms with van der Waals surface area (Å²) in [4.78, 5) is 0. The summed E-state index contributed by atoms with van der Waals surface area (Å²) in [7, 11) is 1.53. The molecule has 2 aromatic rings. The first kappa shape index (κ1) is 22.5. The molecule has 0 radical (unpaired) electrons. The van der Waals surface area contributed by atoms with Crippen LogP contribution in [-0.4, -0.2) is 24.9 Å². The Morgan fingerprint density at radius 2 is 2.00 bits per heavy atom. The van der Waals surface area contributed by atoms with E-state index in [0.29, 0.717) is 28.6 Å². The van der Waals surface area contributed by atoms with E-state index in [2.05, 4.69) is 5.32 Å². The Morgan fingerprint density at radius 3 is 2.62 bits per heavy atom. The number of benzene rings is 2. The Balaban J connectivity index is 0.00000338. The van der Waals surface area contributed by atoms with Crippen molar-refractivity contribution >= 4 is 24.0 Å². The van der Waals surface area contributed by atoms with Gasteiger partial charge in [0, 0.05) is 18.2 Å². The van der Waals surface area contributed by atoms with Crippen molar-refractivity contribution in [3.8, 4) is 11.5 Å². The van der Waals surface area contributed by atoms with Gasteiger partial charge in [-0.2, -0.15) is 0 Å². The summed E-state index contributed by atoms with van der Waals surface area (Å²) in [6.45, 7) is 2.68. The smallest absolute Gasteiger partial charge is 0.180 e. The van der Waals surface area contributed by atoms with Crippen molar-refractivity contribution in [3.63, 3.8) is 0 Å². The molecule has 0 spiro atoms. The van der Waals surface area contributed by atoms with Crippen LogP contribution in [0.5, 0.6) is 11.5 Å². The zero-order chi connectivity index (χ0) is 18.2. The largest absolute Gasteiger partial charge is 0.493 e. The molecule has 0 aliphatic heterocycles. The normalized spacial score (nSPS) is 11.6. The molecule has 1 unspecified atom stereocenters. The van der Waals surface area contributed by atoms with E-state index in [1.165, 1.54) is 13.2 Å². The SMILES string of the molecule is CCC(CO)NCc1cc(Cl)c(OCc2ccccc2F)c(OC)c1.Cl. The van der Waals surface area contributed by atoms with Crippen LogP contribution in [0.1, 0.15) is 24.5 Å². The zero-order valence-electron chi connectivity index (χ0n) is 14.8. The number of methoxy groups -OCH3 is 1. The Labute approximate surface area is 164 Å². The third-order valence-corrected chi connectivity index (χ3v) is 4.21. The summed E-state index contributed by atoms with van der Waals surface area (Å²) >= 11 is 6.33. The average Bonchev–Trinajstić information content (AvgIpc) is 2.62. The van der Waals surface area contributed by atoms with Crippen molar-refractivity contribution in [2.24, 2.45) is 0 Å². The number of nitrogens with one attached hydrogen (secondary N) is 1. The Morgan fingerprint density at radius 1 is 1.27 bits per heavy atom. The van der Waals surface area contributed by atoms with Crippen molar-refractivity contribution in [3.05, 3.63) is 58.4 Å². The molecule has 2 rings (SSSR count). The highest BCUT2D eigenvalue weighted by atomic mass is 35.5. The third-order valence-electron chi connectivity index (χ3n) is 3.93. The quantitative estimate of drug-likeness (QED) is 0.653. The maximum Gasteiger partial charge on any atom is 0.180 e. The fourth-order valence-electron chi connectivity index (χ4n) is 2.38. The number of halogens is 3. The minimum Gasteiger partial charge on any atom is -0.493 e. The van der Waals surface area contributed by atoms with Gasteiger partial charge in [0.05, 0.1) is 18.7 Å². The van der Waals surface area contributed by atoms with Gasteiger partial charge in [-0.1, -0.05) is 36.7 Å². The average molecular weight is 404 g/mol. The molecule has 26 heavy (non-hydrogen) atoms. The highest BCUT2D eigenvalue weighted by Gasteiger charge is 2.14. The molecule has 4 nitrogen and oxygen atoms in total. The van der Waals surface area contributed by atoms with E-state index in [1.807, 2.05) is 13.0 Å². The molecule has 0 bridgehead atoms. The van der Waals surface area contributed by atoms with Gasteiger partial charge in [-0.25, -0.2) is 4.39 Å². The lowest BCUT2D eigenvalue weighted by molar-refractivity contribution is 0.238. The third kappa shape index (κ3) is 6.02. The molecule has 0 aliphatic rings. The van der Waals surface area contributed by atoms with Crippen LogP contribution in [0, 0.1) is 5.82 Å². The van der Waals surface area contributed by atoms with Crippen LogP contribution in [0.3, 0.4) is 0 Å². The number of hydrogen-bond donors (Lipinski definition) is 2. The topological polar surface area (TPSA) is 50.7 Å². The monoisotopic (exact) mass is 403 g/mol. The minimum atomic E-state index is -0.326. The molecule has 1 atom stereocenters. The van der Waals surface area contributed by atoms with Crippen LogP contribution in [-0.2, 0) is 13.2 Å². The maximum atomic E-state index is 13.7. The molecule has 0 heterocycles. The summed E-state index contributed by atoms with van der Waals surface area (Å²) in [6, 6.07) is 10.1. The Kier molecular flexibility index (Phi) is 9.73. The second kappa shape index (κ2) is 11.2. The standard InChI is InChI=1S/C19H23ClFNO3.ClH/c1-3-15(11-23)22-10-13-8-16(20)19(18(9-13)24-2)25-12-14-6-4-5-7-17(14)21;/h4-9,15,22-23H,3,10-12H2,1-2H3;1H. The highest BCUT2D eigenvalue weighted by molar-refractivity contribution is 6.32. The van der Waals surface area contributed by atoms with Gasteiger partial charge in [0.1, 0.15) is 12.4 Å². The predicted molar refractivity (Wildman–Crippen MR) is 104 cm³/mol. The molecule has 2 aromatic carbocycles. The molecule has 7 heteroatoms. The maximum absolute atomic E-state index is 13.7. The first-order valence-corrected chi connectivity index (χ1v) is 8.53. The fourth-order valence-corrected chi connectivity index (χ4v) is 2.67. The zero-order valence-corrected chi connectivity index (χ0v) is 16.4. The Hall–Kier alpha value is -1.53. The summed E-state index contributed by atoms with van der Waals surface area (Å²) in [5.41, 5.74) is 1.35. The van der Waals surface area contributed by atoms with Gasteiger partial charge in [-0.05, 0) is 30.2 Å². The van der Waals surface area contributed by atoms with Crippen molar-refractivity contribution in [2.75, 3.05) is 13.7 Å². The van der Waals surface area contributed by atoms with Gasteiger partial charge in [0.2, 0.25) is 0 Å². The molecule has 0 aliphatic carbocycles. The van der Waals surface area contributed by atoms with E-state index in [0.717, 1.165) is 12.0 Å². The van der Waals surface area contributed by atoms with Gasteiger partial charge >= 0.3 is 0 Å². The first-order valence-electron chi connectivity index (χ1n) is 8.15. The van der Waals surface area contributed by atoms with E-state index >= 15 is 0 Å². The van der Waals surface area contributed by atoms with Crippen LogP contribution >= 0.6 is 24.0 Å². The van der Waals surface area contributed by atoms with Gasteiger partial charge in [0.15, 0.2) is 11.5 Å². The lowest BCUT2D eigenvalue weighted by Gasteiger charge is -2.17. The minimum absolute atomic E-state index is 0. The summed E-state index contributed by atoms with van der Waals surface area (Å²) < 4.78 is 24.8. The van der Waals surface area contributed by atoms with Gasteiger partial charge in [-0.3, -0.25) is 0 Å². The predicted octanol–water partition coefficient (Wildman–Crippen LogP) is 4.35. The lowest BCUT2D eigenvalue weighted by Crippen LogP contribution is -2.31. The van der Waals surface area contributed by atoms with Crippen molar-refractivity contribution in [2.45, 2.75) is 32.5 Å². The molecule has 144 valence electrons. The van der Waals surface area contributed by atoms with Gasteiger partial charge < -0.3 is 19.9 Å². The molecule has 0 fully saturated rings. The number of aliphatic hydroxyl groups excluding tert-OH is 1. The van der Waals surface area contributed by atoms with Crippen LogP contribution < -0.4 is 14.8 Å². The number of ether oxygens (including phenoxy) is 2. The summed E-state index contributed by atoms with van der Waals surface area (Å²) in [5.74, 6) is 0.538. The number of rotatable bonds is 9.